The summed E-state index contributed by atoms with van der Waals surface area (Å²) in [6.07, 6.45) is 2.74. The molecule has 0 aliphatic heterocycles. The van der Waals surface area contributed by atoms with Crippen LogP contribution in [0.4, 0.5) is 0 Å². The van der Waals surface area contributed by atoms with Gasteiger partial charge < -0.3 is 0 Å². The standard InChI is InChI=1S/C14H19N3O2S/c1-9(2)6-8-20-10-5-7-15-12-11(10)13(18)17(4)14(19)16(12)3/h5,7,9H,6,8H2,1-4H3. The first-order valence-electron chi connectivity index (χ1n) is 6.61. The van der Waals surface area contributed by atoms with Gasteiger partial charge in [0.15, 0.2) is 0 Å². The lowest BCUT2D eigenvalue weighted by Gasteiger charge is -2.10. The number of pyridine rings is 1. The van der Waals surface area contributed by atoms with Crippen LogP contribution in [-0.4, -0.2) is 19.9 Å². The molecule has 2 aromatic rings. The predicted molar refractivity (Wildman–Crippen MR) is 82.4 cm³/mol. The number of hydrogen-bond donors (Lipinski definition) is 0. The Morgan fingerprint density at radius 1 is 1.25 bits per heavy atom. The Labute approximate surface area is 121 Å². The van der Waals surface area contributed by atoms with Crippen LogP contribution in [0.3, 0.4) is 0 Å². The van der Waals surface area contributed by atoms with Gasteiger partial charge in [0.25, 0.3) is 5.56 Å². The Morgan fingerprint density at radius 3 is 2.60 bits per heavy atom. The van der Waals surface area contributed by atoms with E-state index in [1.807, 2.05) is 6.07 Å². The summed E-state index contributed by atoms with van der Waals surface area (Å²) < 4.78 is 2.56. The van der Waals surface area contributed by atoms with Crippen LogP contribution in [0.2, 0.25) is 0 Å². The van der Waals surface area contributed by atoms with E-state index in [1.165, 1.54) is 11.6 Å². The first-order chi connectivity index (χ1) is 9.43. The third-order valence-corrected chi connectivity index (χ3v) is 4.35. The number of nitrogens with zero attached hydrogens (tertiary/aromatic N) is 3. The molecule has 0 fully saturated rings. The molecule has 5 nitrogen and oxygen atoms in total. The van der Waals surface area contributed by atoms with E-state index >= 15 is 0 Å². The Bertz CT molecular complexity index is 746. The molecule has 0 aliphatic rings. The van der Waals surface area contributed by atoms with Crippen LogP contribution in [0.1, 0.15) is 20.3 Å². The van der Waals surface area contributed by atoms with Crippen molar-refractivity contribution in [2.24, 2.45) is 20.0 Å². The summed E-state index contributed by atoms with van der Waals surface area (Å²) in [5, 5.41) is 0.533. The Morgan fingerprint density at radius 2 is 1.95 bits per heavy atom. The van der Waals surface area contributed by atoms with Gasteiger partial charge >= 0.3 is 5.69 Å². The minimum Gasteiger partial charge on any atom is -0.280 e. The summed E-state index contributed by atoms with van der Waals surface area (Å²) in [5.41, 5.74) is -0.171. The number of aromatic nitrogens is 3. The maximum atomic E-state index is 12.3. The van der Waals surface area contributed by atoms with Crippen molar-refractivity contribution in [3.05, 3.63) is 33.1 Å². The Balaban J connectivity index is 2.57. The van der Waals surface area contributed by atoms with Crippen molar-refractivity contribution in [2.75, 3.05) is 5.75 Å². The molecule has 2 heterocycles. The van der Waals surface area contributed by atoms with Crippen molar-refractivity contribution in [1.29, 1.82) is 0 Å². The average Bonchev–Trinajstić information content (AvgIpc) is 2.42. The van der Waals surface area contributed by atoms with Crippen LogP contribution in [0.25, 0.3) is 11.0 Å². The maximum Gasteiger partial charge on any atom is 0.332 e. The molecule has 0 saturated heterocycles. The topological polar surface area (TPSA) is 56.9 Å². The van der Waals surface area contributed by atoms with Gasteiger partial charge in [-0.25, -0.2) is 9.78 Å². The zero-order valence-electron chi connectivity index (χ0n) is 12.2. The van der Waals surface area contributed by atoms with E-state index in [0.29, 0.717) is 17.0 Å². The molecule has 2 rings (SSSR count). The summed E-state index contributed by atoms with van der Waals surface area (Å²) in [7, 11) is 3.14. The summed E-state index contributed by atoms with van der Waals surface area (Å²) in [6, 6.07) is 1.85. The van der Waals surface area contributed by atoms with Crippen LogP contribution in [0, 0.1) is 5.92 Å². The molecule has 6 heteroatoms. The fraction of sp³-hybridized carbons (Fsp3) is 0.500. The first kappa shape index (κ1) is 14.8. The maximum absolute atomic E-state index is 12.3. The van der Waals surface area contributed by atoms with Gasteiger partial charge in [0.05, 0.1) is 5.39 Å². The zero-order chi connectivity index (χ0) is 14.9. The quantitative estimate of drug-likeness (QED) is 0.806. The Hall–Kier alpha value is -1.56. The molecule has 0 amide bonds. The van der Waals surface area contributed by atoms with Gasteiger partial charge in [-0.05, 0) is 24.2 Å². The lowest BCUT2D eigenvalue weighted by molar-refractivity contribution is 0.632. The molecule has 0 spiro atoms. The molecular weight excluding hydrogens is 274 g/mol. The number of rotatable bonds is 4. The van der Waals surface area contributed by atoms with E-state index in [0.717, 1.165) is 21.6 Å². The van der Waals surface area contributed by atoms with E-state index in [4.69, 9.17) is 0 Å². The molecule has 0 aromatic carbocycles. The van der Waals surface area contributed by atoms with Crippen LogP contribution >= 0.6 is 11.8 Å². The largest absolute Gasteiger partial charge is 0.332 e. The lowest BCUT2D eigenvalue weighted by Crippen LogP contribution is -2.37. The van der Waals surface area contributed by atoms with E-state index in [-0.39, 0.29) is 11.2 Å². The van der Waals surface area contributed by atoms with E-state index in [9.17, 15) is 9.59 Å². The number of aryl methyl sites for hydroxylation is 1. The predicted octanol–water partition coefficient (Wildman–Crippen LogP) is 1.77. The van der Waals surface area contributed by atoms with E-state index in [1.54, 1.807) is 25.0 Å². The highest BCUT2D eigenvalue weighted by Gasteiger charge is 2.13. The molecule has 108 valence electrons. The monoisotopic (exact) mass is 293 g/mol. The first-order valence-corrected chi connectivity index (χ1v) is 7.59. The van der Waals surface area contributed by atoms with Crippen LogP contribution in [-0.2, 0) is 14.1 Å². The van der Waals surface area contributed by atoms with Crippen LogP contribution < -0.4 is 11.2 Å². The second-order valence-electron chi connectivity index (χ2n) is 5.24. The SMILES string of the molecule is CC(C)CCSc1ccnc2c1c(=O)n(C)c(=O)n2C. The minimum absolute atomic E-state index is 0.275. The average molecular weight is 293 g/mol. The van der Waals surface area contributed by atoms with Gasteiger partial charge in [-0.3, -0.25) is 13.9 Å². The van der Waals surface area contributed by atoms with Crippen LogP contribution in [0.5, 0.6) is 0 Å². The summed E-state index contributed by atoms with van der Waals surface area (Å²) in [5.74, 6) is 1.57. The van der Waals surface area contributed by atoms with Gasteiger partial charge in [-0.1, -0.05) is 13.8 Å². The smallest absolute Gasteiger partial charge is 0.280 e. The fourth-order valence-electron chi connectivity index (χ4n) is 1.98. The van der Waals surface area contributed by atoms with Gasteiger partial charge in [-0.15, -0.1) is 11.8 Å². The number of hydrogen-bond acceptors (Lipinski definition) is 4. The van der Waals surface area contributed by atoms with Crippen molar-refractivity contribution >= 4 is 22.8 Å². The third kappa shape index (κ3) is 2.65. The number of thioether (sulfide) groups is 1. The highest BCUT2D eigenvalue weighted by Crippen LogP contribution is 2.24. The lowest BCUT2D eigenvalue weighted by atomic mass is 10.2. The summed E-state index contributed by atoms with van der Waals surface area (Å²) in [4.78, 5) is 29.3. The molecular formula is C14H19N3O2S. The molecule has 0 atom stereocenters. The van der Waals surface area contributed by atoms with Gasteiger partial charge in [0.1, 0.15) is 5.65 Å². The number of fused-ring (bicyclic) bond motifs is 1. The third-order valence-electron chi connectivity index (χ3n) is 3.26. The highest BCUT2D eigenvalue weighted by atomic mass is 32.2. The molecule has 2 aromatic heterocycles. The summed E-state index contributed by atoms with van der Waals surface area (Å²) >= 11 is 1.65. The molecule has 20 heavy (non-hydrogen) atoms. The second-order valence-corrected chi connectivity index (χ2v) is 6.38. The van der Waals surface area contributed by atoms with Crippen molar-refractivity contribution in [2.45, 2.75) is 25.2 Å². The van der Waals surface area contributed by atoms with E-state index < -0.39 is 0 Å². The van der Waals surface area contributed by atoms with Gasteiger partial charge in [0, 0.05) is 25.2 Å². The molecule has 0 bridgehead atoms. The van der Waals surface area contributed by atoms with Crippen molar-refractivity contribution in [1.82, 2.24) is 14.1 Å². The van der Waals surface area contributed by atoms with E-state index in [2.05, 4.69) is 18.8 Å². The van der Waals surface area contributed by atoms with Gasteiger partial charge in [0.2, 0.25) is 0 Å². The minimum atomic E-state index is -0.348. The highest BCUT2D eigenvalue weighted by molar-refractivity contribution is 7.99. The second kappa shape index (κ2) is 5.83. The molecule has 0 radical (unpaired) electrons. The normalized spacial score (nSPS) is 11.4. The molecule has 0 saturated carbocycles. The summed E-state index contributed by atoms with van der Waals surface area (Å²) in [6.45, 7) is 4.35. The zero-order valence-corrected chi connectivity index (χ0v) is 13.0. The van der Waals surface area contributed by atoms with Gasteiger partial charge in [-0.2, -0.15) is 0 Å². The fourth-order valence-corrected chi connectivity index (χ4v) is 3.27. The van der Waals surface area contributed by atoms with Crippen LogP contribution in [0.15, 0.2) is 26.7 Å². The molecule has 0 N–H and O–H groups in total. The molecule has 0 unspecified atom stereocenters. The van der Waals surface area contributed by atoms with Crippen molar-refractivity contribution in [3.8, 4) is 0 Å². The molecule has 0 aliphatic carbocycles. The van der Waals surface area contributed by atoms with Crippen molar-refractivity contribution < 1.29 is 0 Å². The van der Waals surface area contributed by atoms with Crippen molar-refractivity contribution in [3.63, 3.8) is 0 Å². The Kier molecular flexibility index (Phi) is 4.32.